The van der Waals surface area contributed by atoms with E-state index in [4.69, 9.17) is 0 Å². The molecule has 2 fully saturated rings. The van der Waals surface area contributed by atoms with E-state index in [9.17, 15) is 9.18 Å². The van der Waals surface area contributed by atoms with Gasteiger partial charge < -0.3 is 4.90 Å². The molecule has 5 heteroatoms. The predicted octanol–water partition coefficient (Wildman–Crippen LogP) is 3.79. The number of benzene rings is 1. The maximum atomic E-state index is 13.0. The van der Waals surface area contributed by atoms with Crippen LogP contribution in [-0.2, 0) is 4.79 Å². The minimum atomic E-state index is -0.223. The molecule has 1 saturated carbocycles. The Morgan fingerprint density at radius 2 is 2.13 bits per heavy atom. The summed E-state index contributed by atoms with van der Waals surface area (Å²) in [7, 11) is 0. The van der Waals surface area contributed by atoms with Gasteiger partial charge in [0, 0.05) is 36.5 Å². The molecule has 0 bridgehead atoms. The third-order valence-corrected chi connectivity index (χ3v) is 5.88. The topological polar surface area (TPSA) is 33.2 Å². The van der Waals surface area contributed by atoms with Crippen molar-refractivity contribution in [2.45, 2.75) is 31.1 Å². The number of hydrogen-bond acceptors (Lipinski definition) is 3. The van der Waals surface area contributed by atoms with Gasteiger partial charge in [0.05, 0.1) is 5.01 Å². The second-order valence-corrected chi connectivity index (χ2v) is 7.42. The molecule has 3 nitrogen and oxygen atoms in total. The Labute approximate surface area is 139 Å². The van der Waals surface area contributed by atoms with Crippen molar-refractivity contribution < 1.29 is 9.18 Å². The fourth-order valence-corrected chi connectivity index (χ4v) is 4.36. The quantitative estimate of drug-likeness (QED) is 0.858. The molecule has 1 aromatic heterocycles. The van der Waals surface area contributed by atoms with Crippen molar-refractivity contribution in [2.24, 2.45) is 5.92 Å². The van der Waals surface area contributed by atoms with Crippen LogP contribution < -0.4 is 0 Å². The van der Waals surface area contributed by atoms with Gasteiger partial charge >= 0.3 is 0 Å². The Bertz CT molecular complexity index is 686. The third-order valence-electron chi connectivity index (χ3n) is 4.94. The second-order valence-electron chi connectivity index (χ2n) is 6.49. The standard InChI is InChI=1S/C18H19FN2OS/c19-14-5-3-12(4-6-14)15-10-16(15)18(22)21-8-1-2-13(11-21)17-20-7-9-23-17/h3-7,9,13,15-16H,1-2,8,10-11H2/t13-,15-,16+/m0/s1. The lowest BCUT2D eigenvalue weighted by molar-refractivity contribution is -0.133. The fraction of sp³-hybridized carbons (Fsp3) is 0.444. The minimum Gasteiger partial charge on any atom is -0.342 e. The summed E-state index contributed by atoms with van der Waals surface area (Å²) < 4.78 is 13.0. The highest BCUT2D eigenvalue weighted by molar-refractivity contribution is 7.09. The predicted molar refractivity (Wildman–Crippen MR) is 87.9 cm³/mol. The van der Waals surface area contributed by atoms with Gasteiger partial charge in [-0.2, -0.15) is 0 Å². The Hall–Kier alpha value is -1.75. The molecular formula is C18H19FN2OS. The van der Waals surface area contributed by atoms with Crippen molar-refractivity contribution in [3.8, 4) is 0 Å². The number of carbonyl (C=O) groups excluding carboxylic acids is 1. The van der Waals surface area contributed by atoms with Crippen LogP contribution in [0.3, 0.4) is 0 Å². The molecule has 23 heavy (non-hydrogen) atoms. The molecule has 2 heterocycles. The summed E-state index contributed by atoms with van der Waals surface area (Å²) in [6, 6.07) is 6.58. The second kappa shape index (κ2) is 6.04. The number of hydrogen-bond donors (Lipinski definition) is 0. The Kier molecular flexibility index (Phi) is 3.89. The number of nitrogens with zero attached hydrogens (tertiary/aromatic N) is 2. The summed E-state index contributed by atoms with van der Waals surface area (Å²) in [5.41, 5.74) is 1.08. The van der Waals surface area contributed by atoms with Crippen molar-refractivity contribution in [1.29, 1.82) is 0 Å². The first kappa shape index (κ1) is 14.8. The van der Waals surface area contributed by atoms with Gasteiger partial charge in [-0.25, -0.2) is 9.37 Å². The molecule has 120 valence electrons. The molecule has 1 aliphatic carbocycles. The van der Waals surface area contributed by atoms with Gasteiger partial charge in [0.2, 0.25) is 5.91 Å². The van der Waals surface area contributed by atoms with Crippen molar-refractivity contribution in [1.82, 2.24) is 9.88 Å². The van der Waals surface area contributed by atoms with E-state index in [1.807, 2.05) is 28.6 Å². The molecule has 0 N–H and O–H groups in total. The van der Waals surface area contributed by atoms with E-state index in [-0.39, 0.29) is 23.6 Å². The van der Waals surface area contributed by atoms with Gasteiger partial charge in [-0.1, -0.05) is 12.1 Å². The number of thiazole rings is 1. The number of halogens is 1. The molecule has 2 aliphatic rings. The average molecular weight is 330 g/mol. The Morgan fingerprint density at radius 3 is 2.87 bits per heavy atom. The number of likely N-dealkylation sites (tertiary alicyclic amines) is 1. The largest absolute Gasteiger partial charge is 0.342 e. The van der Waals surface area contributed by atoms with Crippen molar-refractivity contribution in [3.63, 3.8) is 0 Å². The smallest absolute Gasteiger partial charge is 0.226 e. The SMILES string of the molecule is O=C([C@@H]1C[C@H]1c1ccc(F)cc1)N1CCC[C@H](c2nccs2)C1. The molecule has 0 unspecified atom stereocenters. The minimum absolute atomic E-state index is 0.0792. The van der Waals surface area contributed by atoms with Gasteiger partial charge in [-0.05, 0) is 42.9 Å². The van der Waals surface area contributed by atoms with Gasteiger partial charge in [-0.3, -0.25) is 4.79 Å². The van der Waals surface area contributed by atoms with E-state index in [1.165, 1.54) is 12.1 Å². The number of rotatable bonds is 3. The van der Waals surface area contributed by atoms with Crippen LogP contribution in [0.1, 0.15) is 41.7 Å². The van der Waals surface area contributed by atoms with E-state index in [0.29, 0.717) is 5.92 Å². The molecule has 2 aromatic rings. The van der Waals surface area contributed by atoms with Crippen LogP contribution in [0.2, 0.25) is 0 Å². The van der Waals surface area contributed by atoms with Gasteiger partial charge in [0.1, 0.15) is 5.82 Å². The Morgan fingerprint density at radius 1 is 1.30 bits per heavy atom. The highest BCUT2D eigenvalue weighted by atomic mass is 32.1. The zero-order valence-corrected chi connectivity index (χ0v) is 13.6. The highest BCUT2D eigenvalue weighted by Crippen LogP contribution is 2.49. The summed E-state index contributed by atoms with van der Waals surface area (Å²) in [6.45, 7) is 1.65. The molecule has 1 aliphatic heterocycles. The summed E-state index contributed by atoms with van der Waals surface area (Å²) in [5, 5.41) is 3.15. The lowest BCUT2D eigenvalue weighted by Crippen LogP contribution is -2.40. The molecule has 0 spiro atoms. The van der Waals surface area contributed by atoms with E-state index in [1.54, 1.807) is 11.3 Å². The van der Waals surface area contributed by atoms with E-state index in [0.717, 1.165) is 42.9 Å². The molecule has 4 rings (SSSR count). The van der Waals surface area contributed by atoms with Crippen LogP contribution in [0.4, 0.5) is 4.39 Å². The number of piperidine rings is 1. The Balaban J connectivity index is 1.40. The number of carbonyl (C=O) groups is 1. The third kappa shape index (κ3) is 3.02. The monoisotopic (exact) mass is 330 g/mol. The first-order chi connectivity index (χ1) is 11.2. The lowest BCUT2D eigenvalue weighted by atomic mass is 9.98. The van der Waals surface area contributed by atoms with E-state index >= 15 is 0 Å². The summed E-state index contributed by atoms with van der Waals surface area (Å²) in [4.78, 5) is 19.2. The van der Waals surface area contributed by atoms with E-state index < -0.39 is 0 Å². The van der Waals surface area contributed by atoms with Crippen molar-refractivity contribution >= 4 is 17.2 Å². The van der Waals surface area contributed by atoms with Crippen molar-refractivity contribution in [3.05, 3.63) is 52.2 Å². The summed E-state index contributed by atoms with van der Waals surface area (Å²) >= 11 is 1.68. The number of aromatic nitrogens is 1. The molecular weight excluding hydrogens is 311 g/mol. The van der Waals surface area contributed by atoms with Gasteiger partial charge in [-0.15, -0.1) is 11.3 Å². The fourth-order valence-electron chi connectivity index (χ4n) is 3.60. The molecule has 1 saturated heterocycles. The van der Waals surface area contributed by atoms with Crippen molar-refractivity contribution in [2.75, 3.05) is 13.1 Å². The lowest BCUT2D eigenvalue weighted by Gasteiger charge is -2.32. The van der Waals surface area contributed by atoms with Crippen LogP contribution in [0.15, 0.2) is 35.8 Å². The normalized spacial score (nSPS) is 27.0. The van der Waals surface area contributed by atoms with Crippen LogP contribution in [-0.4, -0.2) is 28.9 Å². The average Bonchev–Trinajstić information content (AvgIpc) is 3.18. The molecule has 1 amide bonds. The molecule has 0 radical (unpaired) electrons. The van der Waals surface area contributed by atoms with E-state index in [2.05, 4.69) is 4.98 Å². The zero-order valence-electron chi connectivity index (χ0n) is 12.8. The van der Waals surface area contributed by atoms with Crippen LogP contribution in [0.5, 0.6) is 0 Å². The van der Waals surface area contributed by atoms with Gasteiger partial charge in [0.25, 0.3) is 0 Å². The first-order valence-electron chi connectivity index (χ1n) is 8.16. The molecule has 3 atom stereocenters. The highest BCUT2D eigenvalue weighted by Gasteiger charge is 2.46. The maximum Gasteiger partial charge on any atom is 0.226 e. The summed E-state index contributed by atoms with van der Waals surface area (Å²) in [5.74, 6) is 0.773. The van der Waals surface area contributed by atoms with Crippen LogP contribution in [0.25, 0.3) is 0 Å². The number of amides is 1. The molecule has 1 aromatic carbocycles. The zero-order chi connectivity index (χ0) is 15.8. The summed E-state index contributed by atoms with van der Waals surface area (Å²) in [6.07, 6.45) is 4.89. The first-order valence-corrected chi connectivity index (χ1v) is 9.04. The van der Waals surface area contributed by atoms with Crippen LogP contribution >= 0.6 is 11.3 Å². The van der Waals surface area contributed by atoms with Gasteiger partial charge in [0.15, 0.2) is 0 Å². The van der Waals surface area contributed by atoms with Crippen LogP contribution in [0, 0.1) is 11.7 Å². The maximum absolute atomic E-state index is 13.0.